The van der Waals surface area contributed by atoms with Crippen molar-refractivity contribution in [3.05, 3.63) is 120 Å². The van der Waals surface area contributed by atoms with Crippen LogP contribution in [0, 0.1) is 11.8 Å². The average molecular weight is 1680 g/mol. The van der Waals surface area contributed by atoms with Gasteiger partial charge in [0.25, 0.3) is 0 Å². The molecule has 8 rings (SSSR count). The Labute approximate surface area is 698 Å². The fourth-order valence-corrected chi connectivity index (χ4v) is 15.2. The molecule has 0 unspecified atom stereocenters. The summed E-state index contributed by atoms with van der Waals surface area (Å²) in [4.78, 5) is 226. The number of imidazole rings is 1. The van der Waals surface area contributed by atoms with Crippen LogP contribution in [-0.4, -0.2) is 239 Å². The van der Waals surface area contributed by atoms with E-state index in [1.54, 1.807) is 52.4 Å². The van der Waals surface area contributed by atoms with Crippen LogP contribution in [0.4, 0.5) is 0 Å². The zero-order chi connectivity index (χ0) is 87.3. The predicted molar refractivity (Wildman–Crippen MR) is 445 cm³/mol. The number of unbranched alkanes of at least 4 members (excludes halogenated alkanes) is 1. The number of phenols is 1. The van der Waals surface area contributed by atoms with Crippen LogP contribution in [0.5, 0.6) is 5.75 Å². The van der Waals surface area contributed by atoms with Crippen molar-refractivity contribution in [3.8, 4) is 5.75 Å². The van der Waals surface area contributed by atoms with Gasteiger partial charge in [-0.15, -0.1) is 0 Å². The number of thioether (sulfide) groups is 1. The number of nitrogens with two attached hydrogens (primary N) is 4. The van der Waals surface area contributed by atoms with Crippen molar-refractivity contribution < 1.29 is 82.1 Å². The number of benzene rings is 3. The van der Waals surface area contributed by atoms with Gasteiger partial charge in [0, 0.05) is 91.3 Å². The van der Waals surface area contributed by atoms with E-state index in [2.05, 4.69) is 73.1 Å². The number of carbonyl (C=O) groups is 15. The number of rotatable bonds is 48. The Bertz CT molecular complexity index is 4560. The average Bonchev–Trinajstić information content (AvgIpc) is 1.67. The van der Waals surface area contributed by atoms with Crippen LogP contribution in [0.3, 0.4) is 0 Å². The van der Waals surface area contributed by atoms with Crippen LogP contribution in [-0.2, 0) is 97.6 Å². The van der Waals surface area contributed by atoms with Gasteiger partial charge >= 0.3 is 5.97 Å². The van der Waals surface area contributed by atoms with Crippen molar-refractivity contribution in [2.24, 2.45) is 34.8 Å². The number of primary amides is 2. The lowest BCUT2D eigenvalue weighted by Gasteiger charge is -2.31. The number of amides is 14. The van der Waals surface area contributed by atoms with E-state index in [-0.39, 0.29) is 121 Å². The number of hydrogen-bond acceptors (Lipinski definition) is 20. The molecule has 5 heterocycles. The SMILES string of the molecule is CSCC[C@H](NC(=O)[C@@H]1CCCN1C(=O)[C@H](CCC(N)=O)NC(=O)CNC(=O)[C@@H]1CCCN1C(=O)[C@H](CCCCN)NC(=O)[C@H](CC(C)C)NC(=O)[C@H](CCC(N)=O)NC(=O)[C@H](CC(C)C)NC(=O)[C@H](Cc1c[nH]c2ccccc12)NC(=O)[C@H](Cc1cnc[nH]1)NC(=O)[C@@H](N)Cc1c[nH]c2ccccc12)C(=O)N[C@@H](Cc1ccc(O)cc1)C(=O)O. The number of hydrogen-bond donors (Lipinski definition) is 19. The van der Waals surface area contributed by atoms with Crippen LogP contribution in [0.2, 0.25) is 0 Å². The monoisotopic (exact) mass is 1680 g/mol. The number of nitrogens with one attached hydrogen (secondary N) is 13. The quantitative estimate of drug-likeness (QED) is 0.0219. The molecule has 14 amide bonds. The molecule has 3 aromatic heterocycles. The molecular formula is C82H114N20O17S. The lowest BCUT2D eigenvalue weighted by atomic mass is 9.99. The maximum absolute atomic E-state index is 15.1. The normalized spacial score (nSPS) is 16.4. The molecule has 23 N–H and O–H groups in total. The molecule has 12 atom stereocenters. The molecule has 0 radical (unpaired) electrons. The number of aliphatic carboxylic acids is 1. The maximum Gasteiger partial charge on any atom is 0.326 e. The van der Waals surface area contributed by atoms with E-state index >= 15 is 4.79 Å². The Morgan fingerprint density at radius 2 is 0.983 bits per heavy atom. The number of likely N-dealkylation sites (tertiary alicyclic amines) is 2. The molecule has 3 aromatic carbocycles. The fraction of sp³-hybridized carbons (Fsp3) is 0.512. The second-order valence-corrected chi connectivity index (χ2v) is 32.3. The minimum Gasteiger partial charge on any atom is -0.508 e. The number of nitrogens with zero attached hydrogens (tertiary/aromatic N) is 3. The van der Waals surface area contributed by atoms with Crippen molar-refractivity contribution >= 4 is 122 Å². The molecule has 120 heavy (non-hydrogen) atoms. The fourth-order valence-electron chi connectivity index (χ4n) is 14.7. The van der Waals surface area contributed by atoms with E-state index in [0.29, 0.717) is 48.3 Å². The second kappa shape index (κ2) is 45.9. The highest BCUT2D eigenvalue weighted by molar-refractivity contribution is 7.98. The summed E-state index contributed by atoms with van der Waals surface area (Å²) in [7, 11) is 0. The first-order valence-corrected chi connectivity index (χ1v) is 41.9. The van der Waals surface area contributed by atoms with Gasteiger partial charge in [-0.25, -0.2) is 9.78 Å². The highest BCUT2D eigenvalue weighted by Crippen LogP contribution is 2.26. The summed E-state index contributed by atoms with van der Waals surface area (Å²) in [6, 6.07) is 4.47. The van der Waals surface area contributed by atoms with Gasteiger partial charge in [-0.2, -0.15) is 11.8 Å². The van der Waals surface area contributed by atoms with Crippen LogP contribution in [0.25, 0.3) is 21.8 Å². The van der Waals surface area contributed by atoms with Gasteiger partial charge in [-0.3, -0.25) is 67.1 Å². The van der Waals surface area contributed by atoms with Gasteiger partial charge in [-0.1, -0.05) is 76.2 Å². The summed E-state index contributed by atoms with van der Waals surface area (Å²) >= 11 is 1.37. The van der Waals surface area contributed by atoms with Gasteiger partial charge in [0.15, 0.2) is 0 Å². The Morgan fingerprint density at radius 1 is 0.517 bits per heavy atom. The van der Waals surface area contributed by atoms with E-state index in [0.717, 1.165) is 27.4 Å². The Morgan fingerprint density at radius 3 is 1.51 bits per heavy atom. The smallest absolute Gasteiger partial charge is 0.326 e. The van der Waals surface area contributed by atoms with Crippen LogP contribution in [0.15, 0.2) is 97.7 Å². The molecular weight excluding hydrogens is 1570 g/mol. The summed E-state index contributed by atoms with van der Waals surface area (Å²) in [5.41, 5.74) is 27.5. The summed E-state index contributed by atoms with van der Waals surface area (Å²) in [6.45, 7) is 6.64. The highest BCUT2D eigenvalue weighted by Gasteiger charge is 2.43. The molecule has 37 nitrogen and oxygen atoms in total. The van der Waals surface area contributed by atoms with E-state index in [1.165, 1.54) is 58.4 Å². The highest BCUT2D eigenvalue weighted by atomic mass is 32.2. The third kappa shape index (κ3) is 27.8. The Hall–Kier alpha value is -11.9. The number of carbonyl (C=O) groups excluding carboxylic acids is 14. The largest absolute Gasteiger partial charge is 0.508 e. The first kappa shape index (κ1) is 93.6. The number of fused-ring (bicyclic) bond motifs is 2. The second-order valence-electron chi connectivity index (χ2n) is 31.3. The van der Waals surface area contributed by atoms with Gasteiger partial charge < -0.3 is 111 Å². The summed E-state index contributed by atoms with van der Waals surface area (Å²) < 4.78 is 0. The molecule has 2 fully saturated rings. The number of aromatic nitrogens is 4. The topological polar surface area (TPSA) is 588 Å². The maximum atomic E-state index is 15.1. The third-order valence-electron chi connectivity index (χ3n) is 21.0. The van der Waals surface area contributed by atoms with Gasteiger partial charge in [-0.05, 0) is 155 Å². The van der Waals surface area contributed by atoms with Crippen LogP contribution >= 0.6 is 11.8 Å². The lowest BCUT2D eigenvalue weighted by Crippen LogP contribution is -2.61. The number of aromatic amines is 3. The first-order valence-electron chi connectivity index (χ1n) is 40.5. The summed E-state index contributed by atoms with van der Waals surface area (Å²) in [5.74, 6) is -12.9. The molecule has 38 heteroatoms. The molecule has 650 valence electrons. The molecule has 0 bridgehead atoms. The van der Waals surface area contributed by atoms with Gasteiger partial charge in [0.05, 0.1) is 18.9 Å². The predicted octanol–water partition coefficient (Wildman–Crippen LogP) is -0.273. The minimum atomic E-state index is -1.58. The number of aromatic hydroxyl groups is 1. The molecule has 6 aromatic rings. The zero-order valence-corrected chi connectivity index (χ0v) is 69.0. The van der Waals surface area contributed by atoms with E-state index in [4.69, 9.17) is 22.9 Å². The van der Waals surface area contributed by atoms with Crippen LogP contribution in [0.1, 0.15) is 140 Å². The summed E-state index contributed by atoms with van der Waals surface area (Å²) in [6.07, 6.45) is 7.92. The van der Waals surface area contributed by atoms with E-state index < -0.39 is 174 Å². The Balaban J connectivity index is 0.926. The number of carboxylic acid groups (broad SMARTS) is 1. The third-order valence-corrected chi connectivity index (χ3v) is 21.6. The molecule has 0 aliphatic carbocycles. The number of phenolic OH excluding ortho intramolecular Hbond substituents is 1. The number of carboxylic acids is 1. The number of H-pyrrole nitrogens is 3. The first-order chi connectivity index (χ1) is 57.3. The van der Waals surface area contributed by atoms with Crippen molar-refractivity contribution in [2.75, 3.05) is 38.2 Å². The standard InChI is InChI=1S/C82H114N20O17S/c1-45(2)34-61(98-76(112)63(38-49-41-89-56-17-9-7-15-53(49)56)99-77(113)64(39-50-42-87-44-91-50)96-71(107)54(84)37-48-40-88-55-16-8-6-14-52(48)55)74(110)93-57(25-27-68(85)104)72(108)97-62(35-46(3)4)75(111)95-59(18-10-11-30-83)80(116)101-31-12-19-66(101)78(114)90-43-70(106)92-60(26-28-69(86)105)81(117)102-32-13-20-67(102)79(115)94-58(29-33-120-5)73(109)100-65(82(118)119)36-47-21-23-51(103)24-22-47/h6-9,14-17,21-24,40-42,44-46,54,57-67,88-89,103H,10-13,18-20,25-39,43,83-84H2,1-5H3,(H2,85,104)(H2,86,105)(H,87,91)(H,90,114)(H,92,106)(H,93,110)(H,94,115)(H,95,111)(H,96,107)(H,97,108)(H,98,112)(H,99,113)(H,100,109)(H,118,119)/t54-,57-,58-,59-,60-,61-,62-,63-,64-,65-,66-,67-/m0/s1. The minimum absolute atomic E-state index is 0.0124. The zero-order valence-electron chi connectivity index (χ0n) is 68.2. The van der Waals surface area contributed by atoms with Crippen LogP contribution < -0.4 is 76.1 Å². The van der Waals surface area contributed by atoms with Crippen molar-refractivity contribution in [2.45, 2.75) is 216 Å². The van der Waals surface area contributed by atoms with E-state index in [1.807, 2.05) is 42.5 Å². The Kier molecular flexibility index (Phi) is 35.8. The van der Waals surface area contributed by atoms with Crippen molar-refractivity contribution in [1.29, 1.82) is 0 Å². The van der Waals surface area contributed by atoms with Gasteiger partial charge in [0.2, 0.25) is 82.7 Å². The van der Waals surface area contributed by atoms with Crippen molar-refractivity contribution in [1.82, 2.24) is 82.9 Å². The van der Waals surface area contributed by atoms with Gasteiger partial charge in [0.1, 0.15) is 72.2 Å². The molecule has 2 aliphatic heterocycles. The molecule has 2 saturated heterocycles. The van der Waals surface area contributed by atoms with E-state index in [9.17, 15) is 77.3 Å². The molecule has 0 spiro atoms. The number of para-hydroxylation sites is 2. The lowest BCUT2D eigenvalue weighted by molar-refractivity contribution is -0.143. The molecule has 0 saturated carbocycles. The van der Waals surface area contributed by atoms with Crippen molar-refractivity contribution in [3.63, 3.8) is 0 Å². The summed E-state index contributed by atoms with van der Waals surface area (Å²) in [5, 5.41) is 48.2. The molecule has 2 aliphatic rings.